The second kappa shape index (κ2) is 5.03. The standard InChI is InChI=1S/C19H20O2/c1-19(2,3)14-8-9-18-16(10-14)17(11-20)15-7-5-4-6-13(15)12-21-18/h4-11,17H,12H2,1-3H3. The van der Waals surface area contributed by atoms with E-state index >= 15 is 0 Å². The molecule has 1 aliphatic rings. The van der Waals surface area contributed by atoms with Crippen molar-refractivity contribution in [2.24, 2.45) is 0 Å². The summed E-state index contributed by atoms with van der Waals surface area (Å²) in [6.07, 6.45) is 1.03. The van der Waals surface area contributed by atoms with Gasteiger partial charge in [-0.25, -0.2) is 0 Å². The number of hydrogen-bond donors (Lipinski definition) is 0. The molecular weight excluding hydrogens is 260 g/mol. The molecule has 0 saturated carbocycles. The Kier molecular flexibility index (Phi) is 3.32. The fraction of sp³-hybridized carbons (Fsp3) is 0.316. The number of fused-ring (bicyclic) bond motifs is 2. The van der Waals surface area contributed by atoms with Gasteiger partial charge in [-0.2, -0.15) is 0 Å². The lowest BCUT2D eigenvalue weighted by molar-refractivity contribution is -0.108. The maximum Gasteiger partial charge on any atom is 0.132 e. The van der Waals surface area contributed by atoms with Crippen molar-refractivity contribution in [3.8, 4) is 5.75 Å². The van der Waals surface area contributed by atoms with E-state index in [-0.39, 0.29) is 11.3 Å². The first-order valence-electron chi connectivity index (χ1n) is 7.31. The van der Waals surface area contributed by atoms with Crippen molar-refractivity contribution in [3.05, 3.63) is 64.7 Å². The van der Waals surface area contributed by atoms with Gasteiger partial charge >= 0.3 is 0 Å². The monoisotopic (exact) mass is 280 g/mol. The molecule has 2 aromatic carbocycles. The van der Waals surface area contributed by atoms with Gasteiger partial charge in [-0.15, -0.1) is 0 Å². The van der Waals surface area contributed by atoms with Crippen molar-refractivity contribution in [2.75, 3.05) is 0 Å². The minimum atomic E-state index is -0.249. The van der Waals surface area contributed by atoms with Crippen LogP contribution < -0.4 is 4.74 Å². The van der Waals surface area contributed by atoms with Crippen LogP contribution in [-0.4, -0.2) is 6.29 Å². The first kappa shape index (κ1) is 13.9. The third-order valence-electron chi connectivity index (χ3n) is 4.12. The van der Waals surface area contributed by atoms with Gasteiger partial charge in [0.05, 0.1) is 5.92 Å². The number of ether oxygens (including phenoxy) is 1. The van der Waals surface area contributed by atoms with E-state index in [1.165, 1.54) is 5.56 Å². The molecule has 0 bridgehead atoms. The van der Waals surface area contributed by atoms with Gasteiger partial charge < -0.3 is 9.53 Å². The van der Waals surface area contributed by atoms with E-state index in [1.807, 2.05) is 30.3 Å². The van der Waals surface area contributed by atoms with Crippen LogP contribution in [0.5, 0.6) is 5.75 Å². The second-order valence-electron chi connectivity index (χ2n) is 6.60. The van der Waals surface area contributed by atoms with E-state index in [4.69, 9.17) is 4.74 Å². The van der Waals surface area contributed by atoms with Crippen LogP contribution in [0.25, 0.3) is 0 Å². The van der Waals surface area contributed by atoms with Crippen LogP contribution in [-0.2, 0) is 16.8 Å². The Hall–Kier alpha value is -2.09. The summed E-state index contributed by atoms with van der Waals surface area (Å²) in [5.74, 6) is 0.567. The number of carbonyl (C=O) groups excluding carboxylic acids is 1. The van der Waals surface area contributed by atoms with Gasteiger partial charge in [0.15, 0.2) is 0 Å². The third-order valence-corrected chi connectivity index (χ3v) is 4.12. The molecule has 2 aromatic rings. The molecule has 1 atom stereocenters. The SMILES string of the molecule is CC(C)(C)c1ccc2c(c1)C(C=O)c1ccccc1CO2. The van der Waals surface area contributed by atoms with E-state index in [0.29, 0.717) is 6.61 Å². The number of hydrogen-bond acceptors (Lipinski definition) is 2. The molecule has 0 radical (unpaired) electrons. The molecule has 1 unspecified atom stereocenters. The summed E-state index contributed by atoms with van der Waals surface area (Å²) in [5, 5.41) is 0. The Balaban J connectivity index is 2.19. The van der Waals surface area contributed by atoms with Gasteiger partial charge in [0.2, 0.25) is 0 Å². The summed E-state index contributed by atoms with van der Waals surface area (Å²) < 4.78 is 5.92. The third kappa shape index (κ3) is 2.46. The van der Waals surface area contributed by atoms with E-state index in [9.17, 15) is 4.79 Å². The molecule has 0 saturated heterocycles. The average Bonchev–Trinajstić information content (AvgIpc) is 2.62. The summed E-state index contributed by atoms with van der Waals surface area (Å²) in [7, 11) is 0. The van der Waals surface area contributed by atoms with Gasteiger partial charge in [-0.3, -0.25) is 0 Å². The highest BCUT2D eigenvalue weighted by Gasteiger charge is 2.26. The Bertz CT molecular complexity index is 680. The highest BCUT2D eigenvalue weighted by atomic mass is 16.5. The molecule has 2 nitrogen and oxygen atoms in total. The topological polar surface area (TPSA) is 26.3 Å². The molecule has 1 heterocycles. The Morgan fingerprint density at radius 1 is 1.10 bits per heavy atom. The number of carbonyl (C=O) groups is 1. The molecule has 1 aliphatic heterocycles. The Morgan fingerprint density at radius 2 is 1.86 bits per heavy atom. The van der Waals surface area contributed by atoms with Crippen LogP contribution in [0, 0.1) is 0 Å². The Morgan fingerprint density at radius 3 is 2.57 bits per heavy atom. The van der Waals surface area contributed by atoms with Gasteiger partial charge in [-0.1, -0.05) is 57.2 Å². The van der Waals surface area contributed by atoms with Crippen LogP contribution in [0.3, 0.4) is 0 Å². The van der Waals surface area contributed by atoms with Crippen molar-refractivity contribution in [3.63, 3.8) is 0 Å². The molecule has 0 aromatic heterocycles. The molecule has 0 fully saturated rings. The van der Waals surface area contributed by atoms with Crippen LogP contribution in [0.1, 0.15) is 48.9 Å². The molecule has 0 amide bonds. The van der Waals surface area contributed by atoms with Gasteiger partial charge in [0.1, 0.15) is 18.6 Å². The highest BCUT2D eigenvalue weighted by Crippen LogP contribution is 2.38. The van der Waals surface area contributed by atoms with Crippen LogP contribution >= 0.6 is 0 Å². The smallest absolute Gasteiger partial charge is 0.132 e. The predicted octanol–water partition coefficient (Wildman–Crippen LogP) is 4.21. The fourth-order valence-corrected chi connectivity index (χ4v) is 2.83. The highest BCUT2D eigenvalue weighted by molar-refractivity contribution is 5.72. The molecule has 0 aliphatic carbocycles. The van der Waals surface area contributed by atoms with Crippen molar-refractivity contribution < 1.29 is 9.53 Å². The summed E-state index contributed by atoms with van der Waals surface area (Å²) in [6, 6.07) is 14.2. The van der Waals surface area contributed by atoms with E-state index in [0.717, 1.165) is 28.7 Å². The second-order valence-corrected chi connectivity index (χ2v) is 6.60. The lowest BCUT2D eigenvalue weighted by Crippen LogP contribution is -2.12. The first-order valence-corrected chi connectivity index (χ1v) is 7.31. The molecule has 21 heavy (non-hydrogen) atoms. The average molecular weight is 280 g/mol. The summed E-state index contributed by atoms with van der Waals surface area (Å²) >= 11 is 0. The van der Waals surface area contributed by atoms with Crippen LogP contribution in [0.2, 0.25) is 0 Å². The van der Waals surface area contributed by atoms with Crippen molar-refractivity contribution >= 4 is 6.29 Å². The number of benzene rings is 2. The van der Waals surface area contributed by atoms with E-state index in [2.05, 4.69) is 32.9 Å². The summed E-state index contributed by atoms with van der Waals surface area (Å²) in [4.78, 5) is 11.7. The zero-order chi connectivity index (χ0) is 15.0. The van der Waals surface area contributed by atoms with Gasteiger partial charge in [0, 0.05) is 5.56 Å². The quantitative estimate of drug-likeness (QED) is 0.731. The molecule has 108 valence electrons. The largest absolute Gasteiger partial charge is 0.489 e. The maximum absolute atomic E-state index is 11.7. The zero-order valence-electron chi connectivity index (χ0n) is 12.7. The molecular formula is C19H20O2. The van der Waals surface area contributed by atoms with E-state index in [1.54, 1.807) is 0 Å². The van der Waals surface area contributed by atoms with Crippen molar-refractivity contribution in [1.29, 1.82) is 0 Å². The van der Waals surface area contributed by atoms with Crippen molar-refractivity contribution in [2.45, 2.75) is 38.7 Å². The Labute approximate surface area is 125 Å². The molecule has 0 N–H and O–H groups in total. The van der Waals surface area contributed by atoms with Crippen LogP contribution in [0.4, 0.5) is 0 Å². The first-order chi connectivity index (χ1) is 10.0. The zero-order valence-corrected chi connectivity index (χ0v) is 12.7. The van der Waals surface area contributed by atoms with E-state index < -0.39 is 0 Å². The summed E-state index contributed by atoms with van der Waals surface area (Å²) in [5.41, 5.74) is 4.38. The van der Waals surface area contributed by atoms with Gasteiger partial charge in [0.25, 0.3) is 0 Å². The molecule has 2 heteroatoms. The minimum Gasteiger partial charge on any atom is -0.489 e. The molecule has 0 spiro atoms. The predicted molar refractivity (Wildman–Crippen MR) is 83.8 cm³/mol. The van der Waals surface area contributed by atoms with Crippen LogP contribution in [0.15, 0.2) is 42.5 Å². The summed E-state index contributed by atoms with van der Waals surface area (Å²) in [6.45, 7) is 7.05. The number of aldehydes is 1. The lowest BCUT2D eigenvalue weighted by atomic mass is 9.82. The maximum atomic E-state index is 11.7. The fourth-order valence-electron chi connectivity index (χ4n) is 2.83. The number of rotatable bonds is 1. The van der Waals surface area contributed by atoms with Gasteiger partial charge in [-0.05, 0) is 28.2 Å². The molecule has 3 rings (SSSR count). The minimum absolute atomic E-state index is 0.0499. The van der Waals surface area contributed by atoms with Crippen molar-refractivity contribution in [1.82, 2.24) is 0 Å². The normalized spacial score (nSPS) is 17.2. The lowest BCUT2D eigenvalue weighted by Gasteiger charge is -2.22.